The molecule has 2 atom stereocenters. The quantitative estimate of drug-likeness (QED) is 0.540. The summed E-state index contributed by atoms with van der Waals surface area (Å²) in [4.78, 5) is 29.2. The van der Waals surface area contributed by atoms with Crippen LogP contribution in [0.5, 0.6) is 5.75 Å². The first kappa shape index (κ1) is 25.0. The van der Waals surface area contributed by atoms with E-state index in [1.54, 1.807) is 23.1 Å². The molecule has 2 unspecified atom stereocenters. The van der Waals surface area contributed by atoms with Crippen molar-refractivity contribution in [3.63, 3.8) is 0 Å². The second-order valence-corrected chi connectivity index (χ2v) is 9.67. The van der Waals surface area contributed by atoms with Crippen molar-refractivity contribution in [3.8, 4) is 5.75 Å². The van der Waals surface area contributed by atoms with Gasteiger partial charge in [-0.05, 0) is 66.4 Å². The molecule has 1 fully saturated rings. The third-order valence-corrected chi connectivity index (χ3v) is 7.04. The molecular formula is C29H32FN3O4. The zero-order valence-corrected chi connectivity index (χ0v) is 21.2. The highest BCUT2D eigenvalue weighted by atomic mass is 19.1. The lowest BCUT2D eigenvalue weighted by molar-refractivity contribution is -0.132. The normalized spacial score (nSPS) is 19.4. The van der Waals surface area contributed by atoms with Gasteiger partial charge in [0.25, 0.3) is 5.91 Å². The summed E-state index contributed by atoms with van der Waals surface area (Å²) in [5.74, 6) is 1.04. The minimum absolute atomic E-state index is 0.0258. The number of amides is 2. The topological polar surface area (TPSA) is 75.0 Å². The summed E-state index contributed by atoms with van der Waals surface area (Å²) >= 11 is 0. The highest BCUT2D eigenvalue weighted by Crippen LogP contribution is 2.38. The maximum Gasteiger partial charge on any atom is 0.289 e. The largest absolute Gasteiger partial charge is 0.486 e. The van der Waals surface area contributed by atoms with Crippen LogP contribution in [0.4, 0.5) is 4.39 Å². The number of halogens is 1. The lowest BCUT2D eigenvalue weighted by atomic mass is 9.87. The van der Waals surface area contributed by atoms with Crippen molar-refractivity contribution in [2.24, 2.45) is 0 Å². The Hall–Kier alpha value is -3.65. The molecule has 1 N–H and O–H groups in total. The van der Waals surface area contributed by atoms with Crippen LogP contribution in [0.3, 0.4) is 0 Å². The van der Waals surface area contributed by atoms with Crippen LogP contribution in [0, 0.1) is 5.82 Å². The second kappa shape index (κ2) is 10.8. The highest BCUT2D eigenvalue weighted by Gasteiger charge is 2.32. The van der Waals surface area contributed by atoms with Gasteiger partial charge >= 0.3 is 0 Å². The van der Waals surface area contributed by atoms with Gasteiger partial charge in [-0.2, -0.15) is 0 Å². The van der Waals surface area contributed by atoms with E-state index in [0.717, 1.165) is 29.7 Å². The van der Waals surface area contributed by atoms with Gasteiger partial charge in [0.1, 0.15) is 23.9 Å². The molecule has 1 aromatic heterocycles. The smallest absolute Gasteiger partial charge is 0.289 e. The number of nitrogens with zero attached hydrogens (tertiary/aromatic N) is 2. The maximum absolute atomic E-state index is 14.1. The molecule has 0 spiro atoms. The number of nitrogens with one attached hydrogen (secondary N) is 1. The van der Waals surface area contributed by atoms with Crippen LogP contribution in [0.25, 0.3) is 0 Å². The molecular weight excluding hydrogens is 473 g/mol. The third-order valence-electron chi connectivity index (χ3n) is 7.04. The van der Waals surface area contributed by atoms with E-state index in [2.05, 4.69) is 12.2 Å². The maximum atomic E-state index is 14.1. The molecule has 1 saturated heterocycles. The first-order valence-electron chi connectivity index (χ1n) is 12.8. The fraction of sp³-hybridized carbons (Fsp3) is 0.379. The van der Waals surface area contributed by atoms with Crippen molar-refractivity contribution in [1.29, 1.82) is 0 Å². The number of benzene rings is 2. The Kier molecular flexibility index (Phi) is 7.28. The van der Waals surface area contributed by atoms with E-state index in [0.29, 0.717) is 43.3 Å². The summed E-state index contributed by atoms with van der Waals surface area (Å²) in [6.07, 6.45) is 1.10. The summed E-state index contributed by atoms with van der Waals surface area (Å²) in [6, 6.07) is 15.6. The number of hydrogen-bond donors (Lipinski definition) is 1. The van der Waals surface area contributed by atoms with Gasteiger partial charge in [0.05, 0.1) is 6.04 Å². The Balaban J connectivity index is 1.34. The lowest BCUT2D eigenvalue weighted by Gasteiger charge is -2.38. The van der Waals surface area contributed by atoms with Gasteiger partial charge in [0, 0.05) is 38.6 Å². The molecule has 8 heteroatoms. The fourth-order valence-corrected chi connectivity index (χ4v) is 5.19. The predicted octanol–water partition coefficient (Wildman–Crippen LogP) is 4.32. The Morgan fingerprint density at radius 1 is 1.14 bits per heavy atom. The van der Waals surface area contributed by atoms with Gasteiger partial charge < -0.3 is 24.3 Å². The molecule has 0 aliphatic carbocycles. The van der Waals surface area contributed by atoms with E-state index in [1.165, 1.54) is 12.1 Å². The summed E-state index contributed by atoms with van der Waals surface area (Å²) in [7, 11) is 0. The van der Waals surface area contributed by atoms with Crippen molar-refractivity contribution >= 4 is 11.8 Å². The molecule has 194 valence electrons. The number of furan rings is 1. The van der Waals surface area contributed by atoms with Crippen molar-refractivity contribution in [1.82, 2.24) is 15.1 Å². The Morgan fingerprint density at radius 2 is 2.00 bits per heavy atom. The van der Waals surface area contributed by atoms with Gasteiger partial charge in [0.15, 0.2) is 5.76 Å². The fourth-order valence-electron chi connectivity index (χ4n) is 5.19. The molecule has 2 amide bonds. The molecule has 2 aliphatic rings. The Bertz CT molecular complexity index is 1290. The number of carbonyl (C=O) groups is 2. The number of fused-ring (bicyclic) bond motifs is 1. The minimum Gasteiger partial charge on any atom is -0.486 e. The van der Waals surface area contributed by atoms with Crippen molar-refractivity contribution < 1.29 is 23.1 Å². The molecule has 3 aromatic rings. The average Bonchev–Trinajstić information content (AvgIpc) is 3.39. The second-order valence-electron chi connectivity index (χ2n) is 9.67. The Labute approximate surface area is 216 Å². The van der Waals surface area contributed by atoms with E-state index >= 15 is 0 Å². The van der Waals surface area contributed by atoms with Crippen LogP contribution in [0.15, 0.2) is 59.0 Å². The standard InChI is InChI=1S/C29H32FN3O4/c1-3-27(34)33-13-11-20-7-8-23(16-25(20)28(33)21-5-4-6-22(30)15-21)36-18-24-9-10-26(37-24)29(35)32-14-12-31-19(2)17-32/h4-10,15-16,19,28,31H,3,11-14,17-18H2,1-2H3. The van der Waals surface area contributed by atoms with Crippen LogP contribution >= 0.6 is 0 Å². The summed E-state index contributed by atoms with van der Waals surface area (Å²) in [5.41, 5.74) is 2.77. The minimum atomic E-state index is -0.385. The van der Waals surface area contributed by atoms with E-state index in [1.807, 2.05) is 36.1 Å². The number of piperazine rings is 1. The number of ether oxygens (including phenoxy) is 1. The van der Waals surface area contributed by atoms with E-state index in [-0.39, 0.29) is 36.3 Å². The zero-order valence-electron chi connectivity index (χ0n) is 21.2. The number of carbonyl (C=O) groups excluding carboxylic acids is 2. The molecule has 0 radical (unpaired) electrons. The SMILES string of the molecule is CCC(=O)N1CCc2ccc(OCc3ccc(C(=O)N4CCNC(C)C4)o3)cc2C1c1cccc(F)c1. The van der Waals surface area contributed by atoms with Gasteiger partial charge in [-0.3, -0.25) is 9.59 Å². The van der Waals surface area contributed by atoms with Crippen molar-refractivity contribution in [3.05, 3.63) is 88.6 Å². The summed E-state index contributed by atoms with van der Waals surface area (Å²) in [6.45, 7) is 6.68. The summed E-state index contributed by atoms with van der Waals surface area (Å²) in [5, 5.41) is 3.33. The molecule has 3 heterocycles. The van der Waals surface area contributed by atoms with Gasteiger partial charge in [-0.1, -0.05) is 25.1 Å². The van der Waals surface area contributed by atoms with Crippen LogP contribution < -0.4 is 10.1 Å². The molecule has 0 bridgehead atoms. The molecule has 0 saturated carbocycles. The van der Waals surface area contributed by atoms with Gasteiger partial charge in [0.2, 0.25) is 5.91 Å². The van der Waals surface area contributed by atoms with E-state index in [9.17, 15) is 14.0 Å². The molecule has 37 heavy (non-hydrogen) atoms. The first-order valence-corrected chi connectivity index (χ1v) is 12.8. The highest BCUT2D eigenvalue weighted by molar-refractivity contribution is 5.91. The van der Waals surface area contributed by atoms with Crippen LogP contribution in [0.2, 0.25) is 0 Å². The lowest BCUT2D eigenvalue weighted by Crippen LogP contribution is -2.51. The summed E-state index contributed by atoms with van der Waals surface area (Å²) < 4.78 is 26.0. The van der Waals surface area contributed by atoms with Crippen LogP contribution in [-0.2, 0) is 17.8 Å². The first-order chi connectivity index (χ1) is 17.9. The number of hydrogen-bond acceptors (Lipinski definition) is 5. The van der Waals surface area contributed by atoms with Gasteiger partial charge in [-0.15, -0.1) is 0 Å². The third kappa shape index (κ3) is 5.39. The van der Waals surface area contributed by atoms with Crippen LogP contribution in [-0.4, -0.2) is 53.8 Å². The Morgan fingerprint density at radius 3 is 2.78 bits per heavy atom. The molecule has 2 aromatic carbocycles. The van der Waals surface area contributed by atoms with Crippen LogP contribution in [0.1, 0.15) is 59.3 Å². The van der Waals surface area contributed by atoms with E-state index < -0.39 is 0 Å². The number of rotatable bonds is 6. The van der Waals surface area contributed by atoms with E-state index in [4.69, 9.17) is 9.15 Å². The molecule has 7 nitrogen and oxygen atoms in total. The monoisotopic (exact) mass is 505 g/mol. The molecule has 2 aliphatic heterocycles. The predicted molar refractivity (Wildman–Crippen MR) is 137 cm³/mol. The zero-order chi connectivity index (χ0) is 25.9. The molecule has 5 rings (SSSR count). The van der Waals surface area contributed by atoms with Gasteiger partial charge in [-0.25, -0.2) is 4.39 Å². The average molecular weight is 506 g/mol. The van der Waals surface area contributed by atoms with Crippen molar-refractivity contribution in [2.75, 3.05) is 26.2 Å². The van der Waals surface area contributed by atoms with Crippen molar-refractivity contribution in [2.45, 2.75) is 45.4 Å².